The first kappa shape index (κ1) is 15.6. The van der Waals surface area contributed by atoms with Crippen molar-refractivity contribution in [3.63, 3.8) is 0 Å². The Bertz CT molecular complexity index is 630. The van der Waals surface area contributed by atoms with Gasteiger partial charge in [-0.1, -0.05) is 0 Å². The van der Waals surface area contributed by atoms with Crippen molar-refractivity contribution in [2.45, 2.75) is 31.2 Å². The smallest absolute Gasteiger partial charge is 0.211 e. The van der Waals surface area contributed by atoms with Crippen LogP contribution < -0.4 is 10.6 Å². The molecule has 1 aliphatic heterocycles. The maximum atomic E-state index is 11.7. The van der Waals surface area contributed by atoms with Crippen molar-refractivity contribution in [1.82, 2.24) is 14.3 Å². The molecule has 1 saturated heterocycles. The van der Waals surface area contributed by atoms with E-state index in [1.807, 2.05) is 6.07 Å². The Morgan fingerprint density at radius 3 is 2.64 bits per heavy atom. The van der Waals surface area contributed by atoms with Crippen LogP contribution >= 0.6 is 0 Å². The maximum absolute atomic E-state index is 11.7. The minimum absolute atomic E-state index is 0.296. The molecular weight excluding hydrogens is 302 g/mol. The van der Waals surface area contributed by atoms with E-state index in [0.717, 1.165) is 37.3 Å². The number of rotatable bonds is 3. The van der Waals surface area contributed by atoms with Gasteiger partial charge in [0.2, 0.25) is 10.0 Å². The number of hydrogen-bond acceptors (Lipinski definition) is 6. The summed E-state index contributed by atoms with van der Waals surface area (Å²) in [5.41, 5.74) is 6.90. The summed E-state index contributed by atoms with van der Waals surface area (Å²) in [5.74, 6) is 1.33. The summed E-state index contributed by atoms with van der Waals surface area (Å²) in [6.45, 7) is 2.55. The van der Waals surface area contributed by atoms with Gasteiger partial charge in [-0.25, -0.2) is 22.7 Å². The molecule has 22 heavy (non-hydrogen) atoms. The molecule has 0 unspecified atom stereocenters. The first-order valence-corrected chi connectivity index (χ1v) is 9.56. The van der Waals surface area contributed by atoms with Gasteiger partial charge in [0, 0.05) is 49.9 Å². The van der Waals surface area contributed by atoms with Crippen molar-refractivity contribution in [1.29, 1.82) is 0 Å². The lowest BCUT2D eigenvalue weighted by Gasteiger charge is -2.32. The van der Waals surface area contributed by atoms with E-state index in [-0.39, 0.29) is 0 Å². The van der Waals surface area contributed by atoms with Crippen LogP contribution in [-0.4, -0.2) is 61.2 Å². The summed E-state index contributed by atoms with van der Waals surface area (Å²) in [4.78, 5) is 10.9. The van der Waals surface area contributed by atoms with Gasteiger partial charge in [0.05, 0.1) is 6.26 Å². The quantitative estimate of drug-likeness (QED) is 0.850. The van der Waals surface area contributed by atoms with Crippen molar-refractivity contribution in [2.75, 3.05) is 37.3 Å². The van der Waals surface area contributed by atoms with E-state index in [1.165, 1.54) is 6.26 Å². The molecule has 2 fully saturated rings. The van der Waals surface area contributed by atoms with Crippen LogP contribution in [0.15, 0.2) is 12.4 Å². The topological polar surface area (TPSA) is 92.4 Å². The number of nitrogens with two attached hydrogens (primary N) is 1. The molecule has 3 rings (SSSR count). The van der Waals surface area contributed by atoms with E-state index in [2.05, 4.69) is 14.9 Å². The molecule has 1 aromatic rings. The van der Waals surface area contributed by atoms with Gasteiger partial charge in [-0.05, 0) is 19.3 Å². The van der Waals surface area contributed by atoms with E-state index in [9.17, 15) is 8.42 Å². The van der Waals surface area contributed by atoms with Gasteiger partial charge in [-0.3, -0.25) is 0 Å². The van der Waals surface area contributed by atoms with E-state index < -0.39 is 10.0 Å². The van der Waals surface area contributed by atoms with Crippen LogP contribution in [0, 0.1) is 0 Å². The second-order valence-electron chi connectivity index (χ2n) is 6.23. The Morgan fingerprint density at radius 1 is 1.18 bits per heavy atom. The summed E-state index contributed by atoms with van der Waals surface area (Å²) in [5, 5.41) is 0. The van der Waals surface area contributed by atoms with E-state index in [0.29, 0.717) is 31.6 Å². The van der Waals surface area contributed by atoms with Gasteiger partial charge in [0.25, 0.3) is 0 Å². The molecule has 0 atom stereocenters. The Hall–Kier alpha value is -1.25. The third kappa shape index (κ3) is 3.39. The fourth-order valence-corrected chi connectivity index (χ4v) is 3.99. The van der Waals surface area contributed by atoms with Crippen LogP contribution in [0.4, 0.5) is 5.82 Å². The molecule has 0 aromatic carbocycles. The molecule has 2 heterocycles. The highest BCUT2D eigenvalue weighted by molar-refractivity contribution is 7.88. The molecule has 1 aliphatic carbocycles. The average Bonchev–Trinajstić information content (AvgIpc) is 2.69. The minimum Gasteiger partial charge on any atom is -0.355 e. The highest BCUT2D eigenvalue weighted by Crippen LogP contribution is 2.35. The zero-order chi connectivity index (χ0) is 15.7. The number of hydrogen-bond donors (Lipinski definition) is 1. The number of nitrogens with zero attached hydrogens (tertiary/aromatic N) is 4. The van der Waals surface area contributed by atoms with Crippen LogP contribution in [0.3, 0.4) is 0 Å². The zero-order valence-electron chi connectivity index (χ0n) is 12.9. The molecule has 0 spiro atoms. The standard InChI is InChI=1S/C14H23N5O2S/c1-22(20,21)19-4-2-3-18(5-6-19)14-9-13(16-10-17-14)11-7-12(15)8-11/h9-12H,2-8,15H2,1H3. The van der Waals surface area contributed by atoms with E-state index in [4.69, 9.17) is 5.73 Å². The molecule has 1 saturated carbocycles. The Morgan fingerprint density at radius 2 is 1.95 bits per heavy atom. The molecular formula is C14H23N5O2S. The second-order valence-corrected chi connectivity index (χ2v) is 8.21. The van der Waals surface area contributed by atoms with Crippen LogP contribution in [-0.2, 0) is 10.0 Å². The first-order valence-electron chi connectivity index (χ1n) is 7.71. The predicted octanol–water partition coefficient (Wildman–Crippen LogP) is 0.153. The minimum atomic E-state index is -3.12. The molecule has 8 heteroatoms. The summed E-state index contributed by atoms with van der Waals surface area (Å²) in [6.07, 6.45) is 5.65. The number of anilines is 1. The Balaban J connectivity index is 1.70. The van der Waals surface area contributed by atoms with Gasteiger partial charge >= 0.3 is 0 Å². The Labute approximate surface area is 131 Å². The van der Waals surface area contributed by atoms with E-state index in [1.54, 1.807) is 10.6 Å². The SMILES string of the molecule is CS(=O)(=O)N1CCCN(c2cc(C3CC(N)C3)ncn2)CC1. The largest absolute Gasteiger partial charge is 0.355 e. The van der Waals surface area contributed by atoms with Gasteiger partial charge in [-0.2, -0.15) is 0 Å². The maximum Gasteiger partial charge on any atom is 0.211 e. The third-order valence-electron chi connectivity index (χ3n) is 4.51. The van der Waals surface area contributed by atoms with Gasteiger partial charge in [0.15, 0.2) is 0 Å². The molecule has 0 amide bonds. The van der Waals surface area contributed by atoms with Crippen LogP contribution in [0.1, 0.15) is 30.9 Å². The molecule has 0 bridgehead atoms. The lowest BCUT2D eigenvalue weighted by atomic mass is 9.78. The molecule has 7 nitrogen and oxygen atoms in total. The molecule has 122 valence electrons. The van der Waals surface area contributed by atoms with Crippen molar-refractivity contribution in [3.05, 3.63) is 18.1 Å². The summed E-state index contributed by atoms with van der Waals surface area (Å²) in [6, 6.07) is 2.33. The van der Waals surface area contributed by atoms with Crippen molar-refractivity contribution in [2.24, 2.45) is 5.73 Å². The highest BCUT2D eigenvalue weighted by Gasteiger charge is 2.29. The molecule has 1 aromatic heterocycles. The number of aromatic nitrogens is 2. The van der Waals surface area contributed by atoms with Gasteiger partial charge in [-0.15, -0.1) is 0 Å². The van der Waals surface area contributed by atoms with Crippen molar-refractivity contribution < 1.29 is 8.42 Å². The van der Waals surface area contributed by atoms with Crippen LogP contribution in [0.2, 0.25) is 0 Å². The normalized spacial score (nSPS) is 27.3. The third-order valence-corrected chi connectivity index (χ3v) is 5.82. The molecule has 2 aliphatic rings. The van der Waals surface area contributed by atoms with Gasteiger partial charge < -0.3 is 10.6 Å². The summed E-state index contributed by atoms with van der Waals surface area (Å²) < 4.78 is 24.9. The lowest BCUT2D eigenvalue weighted by molar-refractivity contribution is 0.345. The predicted molar refractivity (Wildman–Crippen MR) is 85.2 cm³/mol. The fraction of sp³-hybridized carbons (Fsp3) is 0.714. The lowest BCUT2D eigenvalue weighted by Crippen LogP contribution is -2.36. The zero-order valence-corrected chi connectivity index (χ0v) is 13.7. The first-order chi connectivity index (χ1) is 10.4. The van der Waals surface area contributed by atoms with Crippen molar-refractivity contribution in [3.8, 4) is 0 Å². The van der Waals surface area contributed by atoms with Gasteiger partial charge in [0.1, 0.15) is 12.1 Å². The summed E-state index contributed by atoms with van der Waals surface area (Å²) >= 11 is 0. The fourth-order valence-electron chi connectivity index (χ4n) is 3.12. The van der Waals surface area contributed by atoms with Crippen LogP contribution in [0.25, 0.3) is 0 Å². The molecule has 2 N–H and O–H groups in total. The van der Waals surface area contributed by atoms with Crippen molar-refractivity contribution >= 4 is 15.8 Å². The van der Waals surface area contributed by atoms with Crippen LogP contribution in [0.5, 0.6) is 0 Å². The molecule has 0 radical (unpaired) electrons. The highest BCUT2D eigenvalue weighted by atomic mass is 32.2. The monoisotopic (exact) mass is 325 g/mol. The second kappa shape index (κ2) is 6.10. The van der Waals surface area contributed by atoms with E-state index >= 15 is 0 Å². The number of sulfonamides is 1. The Kier molecular flexibility index (Phi) is 4.33. The summed E-state index contributed by atoms with van der Waals surface area (Å²) in [7, 11) is -3.12. The average molecular weight is 325 g/mol.